The van der Waals surface area contributed by atoms with Crippen LogP contribution < -0.4 is 4.74 Å². The first-order chi connectivity index (χ1) is 12.0. The maximum absolute atomic E-state index is 12.4. The summed E-state index contributed by atoms with van der Waals surface area (Å²) in [5, 5.41) is 7.71. The number of rotatable bonds is 5. The monoisotopic (exact) mass is 344 g/mol. The molecule has 7 nitrogen and oxygen atoms in total. The smallest absolute Gasteiger partial charge is 0.260 e. The van der Waals surface area contributed by atoms with Crippen molar-refractivity contribution in [3.05, 3.63) is 40.7 Å². The number of aryl methyl sites for hydroxylation is 3. The van der Waals surface area contributed by atoms with E-state index in [1.807, 2.05) is 37.8 Å². The van der Waals surface area contributed by atoms with Crippen molar-refractivity contribution in [2.45, 2.75) is 27.3 Å². The highest BCUT2D eigenvalue weighted by atomic mass is 16.6. The standard InChI is InChI=1S/C18H24N4O3/c1-13-8-14(2)10-16(9-13)24-12-18(23)22-6-4-21(5-7-22)11-17-15(3)19-25-20-17/h8-10H,4-7,11-12H2,1-3H3. The van der Waals surface area contributed by atoms with Gasteiger partial charge in [-0.2, -0.15) is 0 Å². The molecule has 0 N–H and O–H groups in total. The van der Waals surface area contributed by atoms with Crippen LogP contribution in [-0.4, -0.2) is 58.8 Å². The Morgan fingerprint density at radius 3 is 2.36 bits per heavy atom. The Hall–Kier alpha value is -2.41. The normalized spacial score (nSPS) is 15.4. The summed E-state index contributed by atoms with van der Waals surface area (Å²) in [6, 6.07) is 5.99. The second-order valence-electron chi connectivity index (χ2n) is 6.57. The molecular weight excluding hydrogens is 320 g/mol. The Bertz CT molecular complexity index is 715. The maximum Gasteiger partial charge on any atom is 0.260 e. The first-order valence-electron chi connectivity index (χ1n) is 8.50. The fourth-order valence-electron chi connectivity index (χ4n) is 3.01. The molecule has 1 aromatic carbocycles. The molecule has 0 spiro atoms. The van der Waals surface area contributed by atoms with Gasteiger partial charge in [-0.05, 0) is 44.0 Å². The molecule has 7 heteroatoms. The number of hydrogen-bond donors (Lipinski definition) is 0. The summed E-state index contributed by atoms with van der Waals surface area (Å²) in [7, 11) is 0. The number of hydrogen-bond acceptors (Lipinski definition) is 6. The van der Waals surface area contributed by atoms with Gasteiger partial charge >= 0.3 is 0 Å². The van der Waals surface area contributed by atoms with E-state index in [1.165, 1.54) is 0 Å². The zero-order valence-electron chi connectivity index (χ0n) is 15.0. The summed E-state index contributed by atoms with van der Waals surface area (Å²) in [5.41, 5.74) is 3.95. The predicted octanol–water partition coefficient (Wildman–Crippen LogP) is 1.72. The minimum atomic E-state index is 0.0260. The van der Waals surface area contributed by atoms with E-state index >= 15 is 0 Å². The quantitative estimate of drug-likeness (QED) is 0.822. The fourth-order valence-corrected chi connectivity index (χ4v) is 3.01. The first-order valence-corrected chi connectivity index (χ1v) is 8.50. The molecule has 1 saturated heterocycles. The molecule has 2 aromatic rings. The molecule has 1 aliphatic heterocycles. The molecule has 0 unspecified atom stereocenters. The average molecular weight is 344 g/mol. The first kappa shape index (κ1) is 17.4. The van der Waals surface area contributed by atoms with Crippen molar-refractivity contribution < 1.29 is 14.2 Å². The van der Waals surface area contributed by atoms with Gasteiger partial charge in [0, 0.05) is 32.7 Å². The van der Waals surface area contributed by atoms with Gasteiger partial charge in [0.25, 0.3) is 5.91 Å². The molecule has 2 heterocycles. The Morgan fingerprint density at radius 1 is 1.08 bits per heavy atom. The lowest BCUT2D eigenvalue weighted by atomic mass is 10.1. The van der Waals surface area contributed by atoms with E-state index in [4.69, 9.17) is 9.37 Å². The van der Waals surface area contributed by atoms with E-state index in [2.05, 4.69) is 21.3 Å². The molecule has 1 fully saturated rings. The van der Waals surface area contributed by atoms with Gasteiger partial charge in [-0.25, -0.2) is 4.63 Å². The second-order valence-corrected chi connectivity index (χ2v) is 6.57. The van der Waals surface area contributed by atoms with E-state index < -0.39 is 0 Å². The van der Waals surface area contributed by atoms with Crippen LogP contribution in [0.5, 0.6) is 5.75 Å². The van der Waals surface area contributed by atoms with Crippen molar-refractivity contribution in [2.24, 2.45) is 0 Å². The molecule has 3 rings (SSSR count). The third-order valence-electron chi connectivity index (χ3n) is 4.40. The Labute approximate surface area is 147 Å². The van der Waals surface area contributed by atoms with Gasteiger partial charge in [-0.3, -0.25) is 9.69 Å². The lowest BCUT2D eigenvalue weighted by Crippen LogP contribution is -2.49. The van der Waals surface area contributed by atoms with Gasteiger partial charge < -0.3 is 9.64 Å². The summed E-state index contributed by atoms with van der Waals surface area (Å²) in [4.78, 5) is 16.5. The number of ether oxygens (including phenoxy) is 1. The van der Waals surface area contributed by atoms with Gasteiger partial charge in [0.15, 0.2) is 6.61 Å². The van der Waals surface area contributed by atoms with Crippen LogP contribution in [0.15, 0.2) is 22.8 Å². The molecule has 0 bridgehead atoms. The molecular formula is C18H24N4O3. The third-order valence-corrected chi connectivity index (χ3v) is 4.40. The molecule has 1 amide bonds. The molecule has 134 valence electrons. The number of benzene rings is 1. The molecule has 1 aromatic heterocycles. The second kappa shape index (κ2) is 7.65. The number of amides is 1. The Balaban J connectivity index is 1.46. The summed E-state index contributed by atoms with van der Waals surface area (Å²) < 4.78 is 10.4. The highest BCUT2D eigenvalue weighted by molar-refractivity contribution is 5.77. The molecule has 25 heavy (non-hydrogen) atoms. The van der Waals surface area contributed by atoms with E-state index in [1.54, 1.807) is 0 Å². The van der Waals surface area contributed by atoms with Crippen LogP contribution in [0.2, 0.25) is 0 Å². The van der Waals surface area contributed by atoms with Gasteiger partial charge in [-0.15, -0.1) is 0 Å². The van der Waals surface area contributed by atoms with Gasteiger partial charge in [0.2, 0.25) is 0 Å². The van der Waals surface area contributed by atoms with Crippen molar-refractivity contribution >= 4 is 5.91 Å². The van der Waals surface area contributed by atoms with Crippen LogP contribution in [0.1, 0.15) is 22.5 Å². The third kappa shape index (κ3) is 4.57. The van der Waals surface area contributed by atoms with Crippen molar-refractivity contribution in [3.8, 4) is 5.75 Å². The molecule has 1 aliphatic rings. The van der Waals surface area contributed by atoms with Crippen molar-refractivity contribution in [1.82, 2.24) is 20.1 Å². The molecule has 0 radical (unpaired) electrons. The molecule has 0 saturated carbocycles. The number of carbonyl (C=O) groups excluding carboxylic acids is 1. The van der Waals surface area contributed by atoms with E-state index in [9.17, 15) is 4.79 Å². The fraction of sp³-hybridized carbons (Fsp3) is 0.500. The van der Waals surface area contributed by atoms with Crippen LogP contribution in [-0.2, 0) is 11.3 Å². The van der Waals surface area contributed by atoms with Crippen molar-refractivity contribution in [3.63, 3.8) is 0 Å². The predicted molar refractivity (Wildman–Crippen MR) is 92.3 cm³/mol. The maximum atomic E-state index is 12.4. The zero-order chi connectivity index (χ0) is 17.8. The molecule has 0 atom stereocenters. The van der Waals surface area contributed by atoms with Crippen LogP contribution in [0, 0.1) is 20.8 Å². The number of piperazine rings is 1. The summed E-state index contributed by atoms with van der Waals surface area (Å²) >= 11 is 0. The highest BCUT2D eigenvalue weighted by Gasteiger charge is 2.22. The van der Waals surface area contributed by atoms with E-state index in [0.29, 0.717) is 19.6 Å². The van der Waals surface area contributed by atoms with Crippen LogP contribution in [0.3, 0.4) is 0 Å². The number of aromatic nitrogens is 2. The average Bonchev–Trinajstić information content (AvgIpc) is 2.97. The van der Waals surface area contributed by atoms with Gasteiger partial charge in [-0.1, -0.05) is 16.4 Å². The van der Waals surface area contributed by atoms with Crippen molar-refractivity contribution in [1.29, 1.82) is 0 Å². The topological polar surface area (TPSA) is 71.7 Å². The number of nitrogens with zero attached hydrogens (tertiary/aromatic N) is 4. The lowest BCUT2D eigenvalue weighted by molar-refractivity contribution is -0.135. The largest absolute Gasteiger partial charge is 0.484 e. The zero-order valence-corrected chi connectivity index (χ0v) is 15.0. The SMILES string of the molecule is Cc1cc(C)cc(OCC(=O)N2CCN(Cc3nonc3C)CC2)c1. The van der Waals surface area contributed by atoms with Gasteiger partial charge in [0.1, 0.15) is 17.1 Å². The number of carbonyl (C=O) groups is 1. The lowest BCUT2D eigenvalue weighted by Gasteiger charge is -2.34. The minimum Gasteiger partial charge on any atom is -0.484 e. The molecule has 0 aliphatic carbocycles. The summed E-state index contributed by atoms with van der Waals surface area (Å²) in [6.07, 6.45) is 0. The van der Waals surface area contributed by atoms with Crippen LogP contribution in [0.4, 0.5) is 0 Å². The Kier molecular flexibility index (Phi) is 5.33. The minimum absolute atomic E-state index is 0.0260. The van der Waals surface area contributed by atoms with E-state index in [-0.39, 0.29) is 12.5 Å². The highest BCUT2D eigenvalue weighted by Crippen LogP contribution is 2.16. The van der Waals surface area contributed by atoms with Gasteiger partial charge in [0.05, 0.1) is 0 Å². The summed E-state index contributed by atoms with van der Waals surface area (Å²) in [6.45, 7) is 9.71. The van der Waals surface area contributed by atoms with Crippen molar-refractivity contribution in [2.75, 3.05) is 32.8 Å². The van der Waals surface area contributed by atoms with Crippen LogP contribution >= 0.6 is 0 Å². The van der Waals surface area contributed by atoms with Crippen LogP contribution in [0.25, 0.3) is 0 Å². The summed E-state index contributed by atoms with van der Waals surface area (Å²) in [5.74, 6) is 0.775. The van der Waals surface area contributed by atoms with E-state index in [0.717, 1.165) is 41.4 Å². The Morgan fingerprint density at radius 2 is 1.76 bits per heavy atom.